The van der Waals surface area contributed by atoms with Gasteiger partial charge in [0.2, 0.25) is 5.91 Å². The Morgan fingerprint density at radius 1 is 0.950 bits per heavy atom. The predicted molar refractivity (Wildman–Crippen MR) is 87.7 cm³/mol. The molecule has 120 valence electrons. The topological polar surface area (TPSA) is 55.1 Å². The van der Waals surface area contributed by atoms with E-state index in [0.717, 1.165) is 6.42 Å². The highest BCUT2D eigenvalue weighted by molar-refractivity contribution is 5.75. The van der Waals surface area contributed by atoms with Crippen molar-refractivity contribution in [3.63, 3.8) is 0 Å². The monoisotopic (exact) mass is 284 g/mol. The Kier molecular flexibility index (Phi) is 11.8. The third-order valence-electron chi connectivity index (χ3n) is 3.82. The molecule has 0 spiro atoms. The van der Waals surface area contributed by atoms with E-state index >= 15 is 0 Å². The van der Waals surface area contributed by atoms with Crippen LogP contribution in [0.1, 0.15) is 85.0 Å². The first-order valence-electron chi connectivity index (χ1n) is 8.48. The molecular weight excluding hydrogens is 248 g/mol. The molecule has 0 aromatic carbocycles. The summed E-state index contributed by atoms with van der Waals surface area (Å²) in [6.07, 6.45) is 12.3. The normalized spacial score (nSPS) is 11.6. The van der Waals surface area contributed by atoms with E-state index < -0.39 is 0 Å². The number of rotatable bonds is 13. The molecule has 0 fully saturated rings. The lowest BCUT2D eigenvalue weighted by molar-refractivity contribution is -0.121. The highest BCUT2D eigenvalue weighted by Gasteiger charge is 2.16. The van der Waals surface area contributed by atoms with Crippen molar-refractivity contribution in [1.82, 2.24) is 5.32 Å². The quantitative estimate of drug-likeness (QED) is 0.502. The van der Waals surface area contributed by atoms with Crippen molar-refractivity contribution in [1.29, 1.82) is 0 Å². The van der Waals surface area contributed by atoms with Crippen LogP contribution in [0.2, 0.25) is 0 Å². The zero-order valence-corrected chi connectivity index (χ0v) is 14.0. The van der Waals surface area contributed by atoms with E-state index in [1.807, 2.05) is 0 Å². The van der Waals surface area contributed by atoms with Gasteiger partial charge in [0.1, 0.15) is 0 Å². The molecule has 0 aliphatic heterocycles. The van der Waals surface area contributed by atoms with Gasteiger partial charge in [-0.15, -0.1) is 0 Å². The standard InChI is InChI=1S/C17H36N2O/c1-4-5-6-7-8-9-10-11-12-13-16(20)19-15-17(2,3)14-18/h4-15,18H2,1-3H3,(H,19,20). The van der Waals surface area contributed by atoms with Gasteiger partial charge in [-0.05, 0) is 18.4 Å². The Balaban J connectivity index is 3.32. The predicted octanol–water partition coefficient (Wildman–Crippen LogP) is 4.01. The molecule has 0 aliphatic carbocycles. The van der Waals surface area contributed by atoms with E-state index in [1.54, 1.807) is 0 Å². The molecule has 0 aromatic heterocycles. The number of nitrogens with one attached hydrogen (secondary N) is 1. The lowest BCUT2D eigenvalue weighted by atomic mass is 9.94. The minimum atomic E-state index is 0.00808. The van der Waals surface area contributed by atoms with Crippen LogP contribution in [-0.2, 0) is 4.79 Å². The maximum atomic E-state index is 11.7. The third-order valence-corrected chi connectivity index (χ3v) is 3.82. The average Bonchev–Trinajstić information content (AvgIpc) is 2.43. The molecule has 0 saturated carbocycles. The molecule has 3 N–H and O–H groups in total. The van der Waals surface area contributed by atoms with Gasteiger partial charge in [-0.2, -0.15) is 0 Å². The molecule has 3 heteroatoms. The van der Waals surface area contributed by atoms with Crippen LogP contribution in [0, 0.1) is 5.41 Å². The summed E-state index contributed by atoms with van der Waals surface area (Å²) in [5.74, 6) is 0.175. The van der Waals surface area contributed by atoms with Gasteiger partial charge in [-0.25, -0.2) is 0 Å². The minimum Gasteiger partial charge on any atom is -0.356 e. The number of hydrogen-bond donors (Lipinski definition) is 2. The molecule has 0 saturated heterocycles. The van der Waals surface area contributed by atoms with Gasteiger partial charge >= 0.3 is 0 Å². The largest absolute Gasteiger partial charge is 0.356 e. The second kappa shape index (κ2) is 12.2. The van der Waals surface area contributed by atoms with Gasteiger partial charge in [0.05, 0.1) is 0 Å². The molecule has 20 heavy (non-hydrogen) atoms. The second-order valence-electron chi connectivity index (χ2n) is 6.72. The first kappa shape index (κ1) is 19.4. The lowest BCUT2D eigenvalue weighted by Crippen LogP contribution is -2.38. The van der Waals surface area contributed by atoms with Crippen LogP contribution >= 0.6 is 0 Å². The Bertz CT molecular complexity index is 239. The first-order chi connectivity index (χ1) is 9.52. The molecule has 0 aliphatic rings. The average molecular weight is 284 g/mol. The summed E-state index contributed by atoms with van der Waals surface area (Å²) in [5, 5.41) is 2.98. The number of carbonyl (C=O) groups excluding carboxylic acids is 1. The van der Waals surface area contributed by atoms with E-state index in [9.17, 15) is 4.79 Å². The van der Waals surface area contributed by atoms with Gasteiger partial charge in [-0.1, -0.05) is 72.1 Å². The van der Waals surface area contributed by atoms with E-state index in [2.05, 4.69) is 26.1 Å². The van der Waals surface area contributed by atoms with E-state index in [-0.39, 0.29) is 11.3 Å². The molecule has 0 aromatic rings. The molecule has 3 nitrogen and oxygen atoms in total. The van der Waals surface area contributed by atoms with E-state index in [4.69, 9.17) is 5.73 Å². The number of nitrogens with two attached hydrogens (primary N) is 1. The van der Waals surface area contributed by atoms with Gasteiger partial charge < -0.3 is 11.1 Å². The Morgan fingerprint density at radius 3 is 1.95 bits per heavy atom. The van der Waals surface area contributed by atoms with Crippen LogP contribution in [-0.4, -0.2) is 19.0 Å². The van der Waals surface area contributed by atoms with Gasteiger partial charge in [0, 0.05) is 13.0 Å². The highest BCUT2D eigenvalue weighted by Crippen LogP contribution is 2.12. The summed E-state index contributed by atoms with van der Waals surface area (Å²) < 4.78 is 0. The van der Waals surface area contributed by atoms with E-state index in [1.165, 1.54) is 51.4 Å². The summed E-state index contributed by atoms with van der Waals surface area (Å²) in [4.78, 5) is 11.7. The van der Waals surface area contributed by atoms with Crippen molar-refractivity contribution in [3.8, 4) is 0 Å². The third kappa shape index (κ3) is 12.5. The maximum Gasteiger partial charge on any atom is 0.220 e. The van der Waals surface area contributed by atoms with Crippen molar-refractivity contribution in [2.45, 2.75) is 85.0 Å². The fourth-order valence-corrected chi connectivity index (χ4v) is 2.09. The van der Waals surface area contributed by atoms with Gasteiger partial charge in [0.15, 0.2) is 0 Å². The Labute approximate surface area is 126 Å². The first-order valence-corrected chi connectivity index (χ1v) is 8.48. The van der Waals surface area contributed by atoms with Crippen LogP contribution < -0.4 is 11.1 Å². The Morgan fingerprint density at radius 2 is 1.45 bits per heavy atom. The van der Waals surface area contributed by atoms with E-state index in [0.29, 0.717) is 19.5 Å². The zero-order chi connectivity index (χ0) is 15.3. The van der Waals surface area contributed by atoms with Gasteiger partial charge in [-0.3, -0.25) is 4.79 Å². The summed E-state index contributed by atoms with van der Waals surface area (Å²) in [6, 6.07) is 0. The van der Waals surface area contributed by atoms with Crippen LogP contribution in [0.25, 0.3) is 0 Å². The number of amides is 1. The fraction of sp³-hybridized carbons (Fsp3) is 0.941. The van der Waals surface area contributed by atoms with Crippen LogP contribution in [0.4, 0.5) is 0 Å². The smallest absolute Gasteiger partial charge is 0.220 e. The zero-order valence-electron chi connectivity index (χ0n) is 14.0. The summed E-state index contributed by atoms with van der Waals surface area (Å²) in [7, 11) is 0. The molecular formula is C17H36N2O. The molecule has 1 amide bonds. The molecule has 0 heterocycles. The maximum absolute atomic E-state index is 11.7. The van der Waals surface area contributed by atoms with Crippen LogP contribution in [0.15, 0.2) is 0 Å². The molecule has 0 atom stereocenters. The van der Waals surface area contributed by atoms with Crippen molar-refractivity contribution in [3.05, 3.63) is 0 Å². The molecule has 0 rings (SSSR count). The number of hydrogen-bond acceptors (Lipinski definition) is 2. The summed E-state index contributed by atoms with van der Waals surface area (Å²) >= 11 is 0. The van der Waals surface area contributed by atoms with Crippen molar-refractivity contribution in [2.24, 2.45) is 11.1 Å². The van der Waals surface area contributed by atoms with Crippen molar-refractivity contribution in [2.75, 3.05) is 13.1 Å². The fourth-order valence-electron chi connectivity index (χ4n) is 2.09. The van der Waals surface area contributed by atoms with Gasteiger partial charge in [0.25, 0.3) is 0 Å². The summed E-state index contributed by atoms with van der Waals surface area (Å²) in [5.41, 5.74) is 5.65. The Hall–Kier alpha value is -0.570. The van der Waals surface area contributed by atoms with Crippen molar-refractivity contribution < 1.29 is 4.79 Å². The summed E-state index contributed by atoms with van der Waals surface area (Å²) in [6.45, 7) is 7.68. The second-order valence-corrected chi connectivity index (χ2v) is 6.72. The molecule has 0 radical (unpaired) electrons. The molecule has 0 unspecified atom stereocenters. The number of unbranched alkanes of at least 4 members (excludes halogenated alkanes) is 8. The van der Waals surface area contributed by atoms with Crippen LogP contribution in [0.3, 0.4) is 0 Å². The molecule has 0 bridgehead atoms. The highest BCUT2D eigenvalue weighted by atomic mass is 16.1. The lowest BCUT2D eigenvalue weighted by Gasteiger charge is -2.22. The number of carbonyl (C=O) groups is 1. The van der Waals surface area contributed by atoms with Crippen molar-refractivity contribution >= 4 is 5.91 Å². The van der Waals surface area contributed by atoms with Crippen LogP contribution in [0.5, 0.6) is 0 Å². The SMILES string of the molecule is CCCCCCCCCCCC(=O)NCC(C)(C)CN. The minimum absolute atomic E-state index is 0.00808.